The van der Waals surface area contributed by atoms with E-state index < -0.39 is 17.7 Å². The van der Waals surface area contributed by atoms with Crippen LogP contribution in [0.15, 0.2) is 46.3 Å². The first-order chi connectivity index (χ1) is 9.40. The number of alkyl halides is 3. The highest BCUT2D eigenvalue weighted by atomic mass is 32.2. The van der Waals surface area contributed by atoms with E-state index in [9.17, 15) is 17.6 Å². The molecule has 0 aliphatic carbocycles. The van der Waals surface area contributed by atoms with E-state index in [4.69, 9.17) is 5.26 Å². The predicted octanol–water partition coefficient (Wildman–Crippen LogP) is 4.26. The van der Waals surface area contributed by atoms with Gasteiger partial charge in [-0.2, -0.15) is 18.4 Å². The van der Waals surface area contributed by atoms with Crippen LogP contribution in [-0.2, 0) is 6.18 Å². The summed E-state index contributed by atoms with van der Waals surface area (Å²) in [6, 6.07) is 8.89. The van der Waals surface area contributed by atoms with Gasteiger partial charge in [-0.05, 0) is 30.3 Å². The summed E-state index contributed by atoms with van der Waals surface area (Å²) in [6.07, 6.45) is -4.59. The molecule has 0 N–H and O–H groups in total. The molecule has 0 spiro atoms. The van der Waals surface area contributed by atoms with Crippen LogP contribution in [0, 0.1) is 17.1 Å². The van der Waals surface area contributed by atoms with E-state index in [2.05, 4.69) is 4.98 Å². The summed E-state index contributed by atoms with van der Waals surface area (Å²) >= 11 is 0.810. The van der Waals surface area contributed by atoms with Crippen LogP contribution in [0.25, 0.3) is 0 Å². The maximum Gasteiger partial charge on any atom is 0.433 e. The molecule has 2 aromatic rings. The van der Waals surface area contributed by atoms with Crippen molar-refractivity contribution in [1.29, 1.82) is 5.26 Å². The fourth-order valence-electron chi connectivity index (χ4n) is 1.40. The molecule has 0 saturated heterocycles. The Bertz CT molecular complexity index is 677. The summed E-state index contributed by atoms with van der Waals surface area (Å²) in [4.78, 5) is 3.80. The van der Waals surface area contributed by atoms with E-state index in [0.29, 0.717) is 4.90 Å². The second-order valence-electron chi connectivity index (χ2n) is 3.72. The molecule has 102 valence electrons. The highest BCUT2D eigenvalue weighted by Gasteiger charge is 2.33. The van der Waals surface area contributed by atoms with Crippen molar-refractivity contribution >= 4 is 11.8 Å². The average molecular weight is 298 g/mol. The Hall–Kier alpha value is -2.07. The molecular formula is C13H6F4N2S. The molecule has 0 atom stereocenters. The number of halogens is 4. The van der Waals surface area contributed by atoms with E-state index in [1.807, 2.05) is 0 Å². The van der Waals surface area contributed by atoms with E-state index in [0.717, 1.165) is 30.0 Å². The summed E-state index contributed by atoms with van der Waals surface area (Å²) in [6.45, 7) is 0. The van der Waals surface area contributed by atoms with Crippen molar-refractivity contribution in [2.45, 2.75) is 16.1 Å². The third-order valence-electron chi connectivity index (χ3n) is 2.28. The van der Waals surface area contributed by atoms with Crippen LogP contribution in [0.3, 0.4) is 0 Å². The van der Waals surface area contributed by atoms with Gasteiger partial charge in [-0.1, -0.05) is 17.8 Å². The Morgan fingerprint density at radius 3 is 2.50 bits per heavy atom. The van der Waals surface area contributed by atoms with Crippen LogP contribution < -0.4 is 0 Å². The molecule has 1 aromatic carbocycles. The van der Waals surface area contributed by atoms with Crippen LogP contribution in [0.2, 0.25) is 0 Å². The van der Waals surface area contributed by atoms with Crippen LogP contribution >= 0.6 is 11.8 Å². The van der Waals surface area contributed by atoms with Crippen molar-refractivity contribution in [3.8, 4) is 6.07 Å². The Balaban J connectivity index is 2.42. The molecule has 0 aliphatic heterocycles. The molecule has 0 saturated carbocycles. The maximum absolute atomic E-state index is 13.0. The number of nitrogens with zero attached hydrogens (tertiary/aromatic N) is 2. The molecule has 0 unspecified atom stereocenters. The number of pyridine rings is 1. The molecule has 0 radical (unpaired) electrons. The third-order valence-corrected chi connectivity index (χ3v) is 3.28. The molecule has 0 amide bonds. The van der Waals surface area contributed by atoms with Gasteiger partial charge >= 0.3 is 6.18 Å². The Kier molecular flexibility index (Phi) is 3.95. The highest BCUT2D eigenvalue weighted by Crippen LogP contribution is 2.33. The van der Waals surface area contributed by atoms with Crippen LogP contribution in [0.5, 0.6) is 0 Å². The smallest absolute Gasteiger partial charge is 0.235 e. The molecule has 1 heterocycles. The van der Waals surface area contributed by atoms with Gasteiger partial charge in [0.05, 0.1) is 5.56 Å². The number of aromatic nitrogens is 1. The number of hydrogen-bond donors (Lipinski definition) is 0. The molecular weight excluding hydrogens is 292 g/mol. The van der Waals surface area contributed by atoms with Crippen molar-refractivity contribution in [2.24, 2.45) is 0 Å². The third kappa shape index (κ3) is 3.27. The molecule has 0 aliphatic rings. The minimum absolute atomic E-state index is 0.00672. The monoisotopic (exact) mass is 298 g/mol. The Morgan fingerprint density at radius 2 is 1.90 bits per heavy atom. The number of rotatable bonds is 2. The zero-order valence-electron chi connectivity index (χ0n) is 9.78. The molecule has 1 aromatic heterocycles. The number of benzene rings is 1. The van der Waals surface area contributed by atoms with Crippen molar-refractivity contribution in [3.63, 3.8) is 0 Å². The maximum atomic E-state index is 13.0. The standard InChI is InChI=1S/C13H6F4N2S/c14-9-2-1-3-10(6-9)20-12-8(7-18)4-5-11(19-12)13(15,16)17/h1-6H. The SMILES string of the molecule is N#Cc1ccc(C(F)(F)F)nc1Sc1cccc(F)c1. The fraction of sp³-hybridized carbons (Fsp3) is 0.0769. The summed E-state index contributed by atoms with van der Waals surface area (Å²) in [5, 5.41) is 8.78. The van der Waals surface area contributed by atoms with E-state index in [1.165, 1.54) is 18.2 Å². The summed E-state index contributed by atoms with van der Waals surface area (Å²) in [7, 11) is 0. The minimum Gasteiger partial charge on any atom is -0.235 e. The Morgan fingerprint density at radius 1 is 1.15 bits per heavy atom. The van der Waals surface area contributed by atoms with Gasteiger partial charge in [-0.15, -0.1) is 0 Å². The normalized spacial score (nSPS) is 11.2. The lowest BCUT2D eigenvalue weighted by Gasteiger charge is -2.09. The van der Waals surface area contributed by atoms with Gasteiger partial charge in [0.15, 0.2) is 0 Å². The van der Waals surface area contributed by atoms with E-state index in [-0.39, 0.29) is 10.6 Å². The lowest BCUT2D eigenvalue weighted by Crippen LogP contribution is -2.08. The average Bonchev–Trinajstić information content (AvgIpc) is 2.37. The second-order valence-corrected chi connectivity index (χ2v) is 4.78. The van der Waals surface area contributed by atoms with Gasteiger partial charge in [0.25, 0.3) is 0 Å². The zero-order valence-corrected chi connectivity index (χ0v) is 10.6. The van der Waals surface area contributed by atoms with Crippen molar-refractivity contribution in [1.82, 2.24) is 4.98 Å². The topological polar surface area (TPSA) is 36.7 Å². The zero-order chi connectivity index (χ0) is 14.8. The van der Waals surface area contributed by atoms with Crippen molar-refractivity contribution < 1.29 is 17.6 Å². The molecule has 2 rings (SSSR count). The van der Waals surface area contributed by atoms with Gasteiger partial charge < -0.3 is 0 Å². The second kappa shape index (κ2) is 5.51. The molecule has 7 heteroatoms. The van der Waals surface area contributed by atoms with Gasteiger partial charge in [0.2, 0.25) is 0 Å². The van der Waals surface area contributed by atoms with Gasteiger partial charge in [0.1, 0.15) is 22.6 Å². The first-order valence-electron chi connectivity index (χ1n) is 5.32. The molecule has 20 heavy (non-hydrogen) atoms. The largest absolute Gasteiger partial charge is 0.433 e. The van der Waals surface area contributed by atoms with Crippen LogP contribution in [0.1, 0.15) is 11.3 Å². The molecule has 0 bridgehead atoms. The lowest BCUT2D eigenvalue weighted by molar-refractivity contribution is -0.141. The van der Waals surface area contributed by atoms with E-state index >= 15 is 0 Å². The van der Waals surface area contributed by atoms with E-state index in [1.54, 1.807) is 6.07 Å². The van der Waals surface area contributed by atoms with Crippen molar-refractivity contribution in [3.05, 3.63) is 53.5 Å². The van der Waals surface area contributed by atoms with Gasteiger partial charge in [0, 0.05) is 4.90 Å². The lowest BCUT2D eigenvalue weighted by atomic mass is 10.2. The number of nitriles is 1. The summed E-state index contributed by atoms with van der Waals surface area (Å²) in [5.41, 5.74) is -1.08. The fourth-order valence-corrected chi connectivity index (χ4v) is 2.31. The first kappa shape index (κ1) is 14.3. The molecule has 2 nitrogen and oxygen atoms in total. The quantitative estimate of drug-likeness (QED) is 0.777. The Labute approximate surface area is 116 Å². The van der Waals surface area contributed by atoms with Gasteiger partial charge in [-0.25, -0.2) is 9.37 Å². The summed E-state index contributed by atoms with van der Waals surface area (Å²) in [5.74, 6) is -0.513. The number of hydrogen-bond acceptors (Lipinski definition) is 3. The summed E-state index contributed by atoms with van der Waals surface area (Å²) < 4.78 is 50.8. The highest BCUT2D eigenvalue weighted by molar-refractivity contribution is 7.99. The molecule has 0 fully saturated rings. The minimum atomic E-state index is -4.59. The van der Waals surface area contributed by atoms with Crippen molar-refractivity contribution in [2.75, 3.05) is 0 Å². The van der Waals surface area contributed by atoms with Crippen LogP contribution in [-0.4, -0.2) is 4.98 Å². The van der Waals surface area contributed by atoms with Crippen LogP contribution in [0.4, 0.5) is 17.6 Å². The first-order valence-corrected chi connectivity index (χ1v) is 6.13. The van der Waals surface area contributed by atoms with Gasteiger partial charge in [-0.3, -0.25) is 0 Å². The predicted molar refractivity (Wildman–Crippen MR) is 64.5 cm³/mol.